The zero-order valence-corrected chi connectivity index (χ0v) is 22.9. The van der Waals surface area contributed by atoms with Crippen LogP contribution in [0.15, 0.2) is 54.6 Å². The van der Waals surface area contributed by atoms with Crippen LogP contribution in [-0.2, 0) is 17.9 Å². The van der Waals surface area contributed by atoms with E-state index in [1.807, 2.05) is 0 Å². The number of benzene rings is 3. The van der Waals surface area contributed by atoms with Gasteiger partial charge in [-0.25, -0.2) is 15.0 Å². The Balaban J connectivity index is 1.66. The molecule has 0 saturated heterocycles. The average Bonchev–Trinajstić information content (AvgIpc) is 2.84. The van der Waals surface area contributed by atoms with Gasteiger partial charge in [-0.15, -0.1) is 0 Å². The Bertz CT molecular complexity index is 1710. The van der Waals surface area contributed by atoms with Crippen LogP contribution in [-0.4, -0.2) is 15.0 Å². The standard InChI is InChI=1S/C32H33N4O/c1-18-15-16-19-11-9-14-23-26(19)25(18)27-24(37-23)17-21-20(12-10-13-22(21)36(27)8)28-33-29(31(2,3)4)35-30(34-28)32(5,6)7/h9-17H,1-8H3/q+1. The molecule has 186 valence electrons. The summed E-state index contributed by atoms with van der Waals surface area (Å²) in [6, 6.07) is 19.1. The van der Waals surface area contributed by atoms with E-state index in [4.69, 9.17) is 19.7 Å². The number of hydrogen-bond acceptors (Lipinski definition) is 4. The third kappa shape index (κ3) is 3.67. The Hall–Kier alpha value is -3.86. The van der Waals surface area contributed by atoms with Crippen molar-refractivity contribution in [3.63, 3.8) is 0 Å². The molecule has 0 bridgehead atoms. The van der Waals surface area contributed by atoms with E-state index in [1.54, 1.807) is 0 Å². The molecule has 1 aliphatic rings. The van der Waals surface area contributed by atoms with Crippen molar-refractivity contribution >= 4 is 21.7 Å². The van der Waals surface area contributed by atoms with Crippen molar-refractivity contribution in [2.45, 2.75) is 59.3 Å². The Morgan fingerprint density at radius 3 is 2.11 bits per heavy atom. The molecule has 37 heavy (non-hydrogen) atoms. The molecular formula is C32H33N4O+. The summed E-state index contributed by atoms with van der Waals surface area (Å²) < 4.78 is 8.82. The first-order valence-corrected chi connectivity index (χ1v) is 12.9. The summed E-state index contributed by atoms with van der Waals surface area (Å²) in [4.78, 5) is 14.9. The van der Waals surface area contributed by atoms with E-state index < -0.39 is 0 Å². The van der Waals surface area contributed by atoms with Crippen molar-refractivity contribution in [2.75, 3.05) is 0 Å². The Morgan fingerprint density at radius 1 is 0.757 bits per heavy atom. The first-order valence-electron chi connectivity index (χ1n) is 12.9. The van der Waals surface area contributed by atoms with Gasteiger partial charge >= 0.3 is 0 Å². The van der Waals surface area contributed by atoms with Crippen molar-refractivity contribution in [2.24, 2.45) is 7.05 Å². The van der Waals surface area contributed by atoms with Gasteiger partial charge in [0.15, 0.2) is 11.6 Å². The molecule has 0 radical (unpaired) electrons. The van der Waals surface area contributed by atoms with Crippen molar-refractivity contribution < 1.29 is 9.30 Å². The van der Waals surface area contributed by atoms with E-state index in [0.717, 1.165) is 45.3 Å². The maximum Gasteiger partial charge on any atom is 0.256 e. The van der Waals surface area contributed by atoms with Gasteiger partial charge in [0.25, 0.3) is 5.69 Å². The van der Waals surface area contributed by atoms with Crippen molar-refractivity contribution in [3.8, 4) is 34.1 Å². The predicted octanol–water partition coefficient (Wildman–Crippen LogP) is 7.35. The van der Waals surface area contributed by atoms with Gasteiger partial charge in [-0.05, 0) is 23.9 Å². The molecule has 0 fully saturated rings. The molecule has 0 amide bonds. The number of pyridine rings is 1. The van der Waals surface area contributed by atoms with Gasteiger partial charge in [-0.1, -0.05) is 77.9 Å². The predicted molar refractivity (Wildman–Crippen MR) is 149 cm³/mol. The molecule has 1 aliphatic heterocycles. The van der Waals surface area contributed by atoms with Crippen LogP contribution >= 0.6 is 0 Å². The highest BCUT2D eigenvalue weighted by atomic mass is 16.5. The highest BCUT2D eigenvalue weighted by Crippen LogP contribution is 2.47. The van der Waals surface area contributed by atoms with E-state index in [0.29, 0.717) is 5.82 Å². The summed E-state index contributed by atoms with van der Waals surface area (Å²) in [7, 11) is 2.12. The molecule has 3 aromatic carbocycles. The second-order valence-electron chi connectivity index (χ2n) is 12.2. The number of aromatic nitrogens is 4. The third-order valence-electron chi connectivity index (χ3n) is 7.18. The number of hydrogen-bond donors (Lipinski definition) is 0. The van der Waals surface area contributed by atoms with Crippen LogP contribution in [0.1, 0.15) is 58.8 Å². The number of rotatable bonds is 1. The molecule has 6 rings (SSSR count). The number of aryl methyl sites for hydroxylation is 2. The lowest BCUT2D eigenvalue weighted by Gasteiger charge is -2.23. The van der Waals surface area contributed by atoms with Gasteiger partial charge in [-0.3, -0.25) is 0 Å². The molecule has 3 heterocycles. The minimum atomic E-state index is -0.199. The molecular weight excluding hydrogens is 456 g/mol. The molecule has 0 saturated carbocycles. The molecule has 2 aromatic heterocycles. The molecule has 0 aliphatic carbocycles. The zero-order chi connectivity index (χ0) is 26.3. The van der Waals surface area contributed by atoms with E-state index >= 15 is 0 Å². The van der Waals surface area contributed by atoms with Crippen LogP contribution < -0.4 is 9.30 Å². The molecule has 0 unspecified atom stereocenters. The minimum Gasteiger partial charge on any atom is -0.450 e. The summed E-state index contributed by atoms with van der Waals surface area (Å²) in [5.41, 5.74) is 5.24. The van der Waals surface area contributed by atoms with Gasteiger partial charge in [-0.2, -0.15) is 4.57 Å². The van der Waals surface area contributed by atoms with Gasteiger partial charge in [0.05, 0.1) is 10.9 Å². The Labute approximate surface area is 218 Å². The highest BCUT2D eigenvalue weighted by Gasteiger charge is 2.32. The lowest BCUT2D eigenvalue weighted by atomic mass is 9.92. The second-order valence-corrected chi connectivity index (χ2v) is 12.2. The summed E-state index contributed by atoms with van der Waals surface area (Å²) in [6.07, 6.45) is 0. The quantitative estimate of drug-likeness (QED) is 0.227. The lowest BCUT2D eigenvalue weighted by Crippen LogP contribution is -2.33. The van der Waals surface area contributed by atoms with E-state index in [-0.39, 0.29) is 10.8 Å². The fourth-order valence-corrected chi connectivity index (χ4v) is 5.17. The smallest absolute Gasteiger partial charge is 0.256 e. The normalized spacial score (nSPS) is 13.1. The van der Waals surface area contributed by atoms with Gasteiger partial charge in [0.2, 0.25) is 5.52 Å². The van der Waals surface area contributed by atoms with Crippen molar-refractivity contribution in [3.05, 3.63) is 71.8 Å². The third-order valence-corrected chi connectivity index (χ3v) is 7.18. The molecule has 5 aromatic rings. The van der Waals surface area contributed by atoms with Crippen LogP contribution in [0.4, 0.5) is 0 Å². The number of fused-ring (bicyclic) bond motifs is 3. The maximum atomic E-state index is 6.57. The maximum absolute atomic E-state index is 6.57. The lowest BCUT2D eigenvalue weighted by molar-refractivity contribution is -0.633. The minimum absolute atomic E-state index is 0.199. The van der Waals surface area contributed by atoms with Crippen LogP contribution in [0.2, 0.25) is 0 Å². The van der Waals surface area contributed by atoms with Gasteiger partial charge < -0.3 is 4.74 Å². The molecule has 0 atom stereocenters. The second kappa shape index (κ2) is 7.82. The molecule has 5 nitrogen and oxygen atoms in total. The van der Waals surface area contributed by atoms with Crippen LogP contribution in [0.25, 0.3) is 44.3 Å². The topological polar surface area (TPSA) is 51.8 Å². The Morgan fingerprint density at radius 2 is 1.43 bits per heavy atom. The summed E-state index contributed by atoms with van der Waals surface area (Å²) >= 11 is 0. The first kappa shape index (κ1) is 23.5. The SMILES string of the molecule is Cc1ccc2cccc3c2c1-c1c(cc2c(-c4nc(C(C)(C)C)nc(C(C)(C)C)n4)cccc2[n+]1C)O3. The van der Waals surface area contributed by atoms with Gasteiger partial charge in [0.1, 0.15) is 24.4 Å². The first-order chi connectivity index (χ1) is 17.4. The van der Waals surface area contributed by atoms with E-state index in [9.17, 15) is 0 Å². The van der Waals surface area contributed by atoms with Crippen molar-refractivity contribution in [1.82, 2.24) is 15.0 Å². The van der Waals surface area contributed by atoms with E-state index in [1.165, 1.54) is 21.9 Å². The fourth-order valence-electron chi connectivity index (χ4n) is 5.17. The zero-order valence-electron chi connectivity index (χ0n) is 22.9. The monoisotopic (exact) mass is 489 g/mol. The van der Waals surface area contributed by atoms with Crippen LogP contribution in [0.3, 0.4) is 0 Å². The Kier molecular flexibility index (Phi) is 4.97. The molecule has 0 spiro atoms. The fraction of sp³-hybridized carbons (Fsp3) is 0.312. The van der Waals surface area contributed by atoms with Crippen LogP contribution in [0.5, 0.6) is 11.5 Å². The van der Waals surface area contributed by atoms with E-state index in [2.05, 4.69) is 115 Å². The summed E-state index contributed by atoms with van der Waals surface area (Å²) in [6.45, 7) is 15.0. The average molecular weight is 490 g/mol. The number of ether oxygens (including phenoxy) is 1. The van der Waals surface area contributed by atoms with Crippen molar-refractivity contribution in [1.29, 1.82) is 0 Å². The largest absolute Gasteiger partial charge is 0.450 e. The molecule has 0 N–H and O–H groups in total. The summed E-state index contributed by atoms with van der Waals surface area (Å²) in [5.74, 6) is 4.04. The van der Waals surface area contributed by atoms with Crippen LogP contribution in [0, 0.1) is 6.92 Å². The van der Waals surface area contributed by atoms with Gasteiger partial charge in [0, 0.05) is 33.9 Å². The number of nitrogens with zero attached hydrogens (tertiary/aromatic N) is 4. The highest BCUT2D eigenvalue weighted by molar-refractivity contribution is 6.05. The molecule has 5 heteroatoms. The summed E-state index contributed by atoms with van der Waals surface area (Å²) in [5, 5.41) is 3.41.